The zero-order chi connectivity index (χ0) is 13.0. The summed E-state index contributed by atoms with van der Waals surface area (Å²) in [5.74, 6) is -0.484. The highest BCUT2D eigenvalue weighted by Crippen LogP contribution is 2.21. The summed E-state index contributed by atoms with van der Waals surface area (Å²) in [6.07, 6.45) is 2.11. The lowest BCUT2D eigenvalue weighted by Crippen LogP contribution is -2.05. The van der Waals surface area contributed by atoms with E-state index >= 15 is 0 Å². The molecule has 94 valence electrons. The van der Waals surface area contributed by atoms with Crippen molar-refractivity contribution in [3.63, 3.8) is 0 Å². The molecule has 0 heterocycles. The Balaban J connectivity index is 2.10. The van der Waals surface area contributed by atoms with Crippen LogP contribution in [0.5, 0.6) is 0 Å². The zero-order valence-corrected chi connectivity index (χ0v) is 10.6. The standard InChI is InChI=1S/C16H18O2/c1-12(11-16(17)18)9-10-14-7-4-6-13-5-2-3-8-15(13)14/h2-8,12H,9-11H2,1H3,(H,17,18). The molecule has 2 aromatic carbocycles. The van der Waals surface area contributed by atoms with Crippen LogP contribution in [0.1, 0.15) is 25.3 Å². The molecule has 1 N–H and O–H groups in total. The molecule has 2 heteroatoms. The van der Waals surface area contributed by atoms with Gasteiger partial charge in [-0.3, -0.25) is 4.79 Å². The van der Waals surface area contributed by atoms with Gasteiger partial charge in [0, 0.05) is 6.42 Å². The highest BCUT2D eigenvalue weighted by atomic mass is 16.4. The van der Waals surface area contributed by atoms with Gasteiger partial charge in [0.1, 0.15) is 0 Å². The quantitative estimate of drug-likeness (QED) is 0.863. The molecule has 0 saturated carbocycles. The Kier molecular flexibility index (Phi) is 3.98. The van der Waals surface area contributed by atoms with Crippen molar-refractivity contribution in [3.8, 4) is 0 Å². The van der Waals surface area contributed by atoms with Gasteiger partial charge in [0.05, 0.1) is 0 Å². The Morgan fingerprint density at radius 3 is 2.67 bits per heavy atom. The van der Waals surface area contributed by atoms with Gasteiger partial charge in [-0.05, 0) is 35.1 Å². The number of benzene rings is 2. The van der Waals surface area contributed by atoms with E-state index < -0.39 is 5.97 Å². The summed E-state index contributed by atoms with van der Waals surface area (Å²) in [7, 11) is 0. The first-order chi connectivity index (χ1) is 8.66. The maximum Gasteiger partial charge on any atom is 0.303 e. The van der Waals surface area contributed by atoms with Gasteiger partial charge < -0.3 is 5.11 Å². The Labute approximate surface area is 107 Å². The van der Waals surface area contributed by atoms with Gasteiger partial charge in [0.15, 0.2) is 0 Å². The van der Waals surface area contributed by atoms with Crippen LogP contribution in [0.4, 0.5) is 0 Å². The summed E-state index contributed by atoms with van der Waals surface area (Å²) in [5, 5.41) is 11.3. The lowest BCUT2D eigenvalue weighted by molar-refractivity contribution is -0.138. The van der Waals surface area contributed by atoms with E-state index in [2.05, 4.69) is 30.3 Å². The number of rotatable bonds is 5. The molecule has 1 unspecified atom stereocenters. The van der Waals surface area contributed by atoms with E-state index in [0.717, 1.165) is 12.8 Å². The highest BCUT2D eigenvalue weighted by Gasteiger charge is 2.08. The van der Waals surface area contributed by atoms with Crippen LogP contribution < -0.4 is 0 Å². The predicted molar refractivity (Wildman–Crippen MR) is 73.7 cm³/mol. The summed E-state index contributed by atoms with van der Waals surface area (Å²) in [6, 6.07) is 14.6. The van der Waals surface area contributed by atoms with Gasteiger partial charge in [-0.15, -0.1) is 0 Å². The molecule has 18 heavy (non-hydrogen) atoms. The van der Waals surface area contributed by atoms with Crippen molar-refractivity contribution in [3.05, 3.63) is 48.0 Å². The first kappa shape index (κ1) is 12.6. The number of aryl methyl sites for hydroxylation is 1. The third-order valence-electron chi connectivity index (χ3n) is 3.31. The van der Waals surface area contributed by atoms with Gasteiger partial charge in [0.2, 0.25) is 0 Å². The second kappa shape index (κ2) is 5.67. The van der Waals surface area contributed by atoms with E-state index in [9.17, 15) is 4.79 Å². The number of carboxylic acid groups (broad SMARTS) is 1. The monoisotopic (exact) mass is 242 g/mol. The number of hydrogen-bond acceptors (Lipinski definition) is 1. The van der Waals surface area contributed by atoms with Crippen LogP contribution in [0, 0.1) is 5.92 Å². The minimum atomic E-state index is -0.708. The maximum absolute atomic E-state index is 10.6. The van der Waals surface area contributed by atoms with E-state index in [4.69, 9.17) is 5.11 Å². The maximum atomic E-state index is 10.6. The molecule has 0 amide bonds. The van der Waals surface area contributed by atoms with Gasteiger partial charge >= 0.3 is 5.97 Å². The fourth-order valence-electron chi connectivity index (χ4n) is 2.31. The fourth-order valence-corrected chi connectivity index (χ4v) is 2.31. The SMILES string of the molecule is CC(CCc1cccc2ccccc12)CC(=O)O. The second-order valence-electron chi connectivity index (χ2n) is 4.88. The average molecular weight is 242 g/mol. The van der Waals surface area contributed by atoms with E-state index in [0.29, 0.717) is 0 Å². The van der Waals surface area contributed by atoms with Crippen molar-refractivity contribution in [2.24, 2.45) is 5.92 Å². The van der Waals surface area contributed by atoms with E-state index in [-0.39, 0.29) is 12.3 Å². The van der Waals surface area contributed by atoms with Crippen LogP contribution in [0.15, 0.2) is 42.5 Å². The zero-order valence-electron chi connectivity index (χ0n) is 10.6. The van der Waals surface area contributed by atoms with Crippen LogP contribution in [0.2, 0.25) is 0 Å². The van der Waals surface area contributed by atoms with Crippen LogP contribution in [-0.2, 0) is 11.2 Å². The number of fused-ring (bicyclic) bond motifs is 1. The van der Waals surface area contributed by atoms with Crippen molar-refractivity contribution in [1.82, 2.24) is 0 Å². The molecule has 0 aliphatic carbocycles. The third-order valence-corrected chi connectivity index (χ3v) is 3.31. The lowest BCUT2D eigenvalue weighted by atomic mass is 9.95. The lowest BCUT2D eigenvalue weighted by Gasteiger charge is -2.10. The molecular weight excluding hydrogens is 224 g/mol. The summed E-state index contributed by atoms with van der Waals surface area (Å²) in [6.45, 7) is 2.00. The molecule has 0 saturated heterocycles. The van der Waals surface area contributed by atoms with Crippen molar-refractivity contribution in [1.29, 1.82) is 0 Å². The van der Waals surface area contributed by atoms with Gasteiger partial charge in [-0.2, -0.15) is 0 Å². The van der Waals surface area contributed by atoms with Crippen LogP contribution in [-0.4, -0.2) is 11.1 Å². The molecule has 0 bridgehead atoms. The van der Waals surface area contributed by atoms with Crippen molar-refractivity contribution in [2.75, 3.05) is 0 Å². The minimum absolute atomic E-state index is 0.224. The average Bonchev–Trinajstić information content (AvgIpc) is 2.35. The van der Waals surface area contributed by atoms with Crippen LogP contribution in [0.25, 0.3) is 10.8 Å². The molecule has 1 atom stereocenters. The number of carboxylic acids is 1. The van der Waals surface area contributed by atoms with Crippen LogP contribution in [0.3, 0.4) is 0 Å². The first-order valence-electron chi connectivity index (χ1n) is 6.35. The second-order valence-corrected chi connectivity index (χ2v) is 4.88. The smallest absolute Gasteiger partial charge is 0.303 e. The van der Waals surface area contributed by atoms with Gasteiger partial charge in [-0.25, -0.2) is 0 Å². The fraction of sp³-hybridized carbons (Fsp3) is 0.312. The normalized spacial score (nSPS) is 12.5. The van der Waals surface area contributed by atoms with Gasteiger partial charge in [-0.1, -0.05) is 49.4 Å². The Hall–Kier alpha value is -1.83. The summed E-state index contributed by atoms with van der Waals surface area (Å²) in [5.41, 5.74) is 1.31. The molecule has 2 rings (SSSR count). The van der Waals surface area contributed by atoms with E-state index in [1.165, 1.54) is 16.3 Å². The van der Waals surface area contributed by atoms with E-state index in [1.807, 2.05) is 19.1 Å². The molecule has 2 aromatic rings. The van der Waals surface area contributed by atoms with Gasteiger partial charge in [0.25, 0.3) is 0 Å². The topological polar surface area (TPSA) is 37.3 Å². The largest absolute Gasteiger partial charge is 0.481 e. The van der Waals surface area contributed by atoms with Crippen molar-refractivity contribution >= 4 is 16.7 Å². The molecule has 0 radical (unpaired) electrons. The Bertz CT molecular complexity index is 540. The minimum Gasteiger partial charge on any atom is -0.481 e. The number of aliphatic carboxylic acids is 1. The number of carbonyl (C=O) groups is 1. The molecule has 0 aliphatic heterocycles. The Morgan fingerprint density at radius 1 is 1.17 bits per heavy atom. The molecule has 2 nitrogen and oxygen atoms in total. The predicted octanol–water partition coefficient (Wildman–Crippen LogP) is 3.88. The number of hydrogen-bond donors (Lipinski definition) is 1. The van der Waals surface area contributed by atoms with Crippen molar-refractivity contribution < 1.29 is 9.90 Å². The molecule has 0 aliphatic rings. The first-order valence-corrected chi connectivity index (χ1v) is 6.35. The highest BCUT2D eigenvalue weighted by molar-refractivity contribution is 5.85. The Morgan fingerprint density at radius 2 is 1.89 bits per heavy atom. The molecule has 0 fully saturated rings. The molecule has 0 aromatic heterocycles. The summed E-state index contributed by atoms with van der Waals surface area (Å²) >= 11 is 0. The van der Waals surface area contributed by atoms with E-state index in [1.54, 1.807) is 0 Å². The molecular formula is C16H18O2. The molecule has 0 spiro atoms. The van der Waals surface area contributed by atoms with Crippen molar-refractivity contribution in [2.45, 2.75) is 26.2 Å². The third kappa shape index (κ3) is 3.10. The summed E-state index contributed by atoms with van der Waals surface area (Å²) < 4.78 is 0. The summed E-state index contributed by atoms with van der Waals surface area (Å²) in [4.78, 5) is 10.6. The van der Waals surface area contributed by atoms with Crippen LogP contribution >= 0.6 is 0 Å².